The van der Waals surface area contributed by atoms with E-state index in [9.17, 15) is 4.79 Å². The Morgan fingerprint density at radius 3 is 2.89 bits per heavy atom. The Balaban J connectivity index is 2.14. The molecule has 94 valence electrons. The molecule has 0 aliphatic heterocycles. The molecule has 0 bridgehead atoms. The Hall–Kier alpha value is -1.72. The average molecular weight is 333 g/mol. The van der Waals surface area contributed by atoms with E-state index in [2.05, 4.69) is 20.9 Å². The van der Waals surface area contributed by atoms with Gasteiger partial charge in [0.1, 0.15) is 10.1 Å². The SMILES string of the molecule is O=c1c(Br)c(C=Cc2cccs2)nc2ccccn12. The Labute approximate surface area is 122 Å². The number of hydrogen-bond acceptors (Lipinski definition) is 3. The Morgan fingerprint density at radius 2 is 2.11 bits per heavy atom. The summed E-state index contributed by atoms with van der Waals surface area (Å²) in [7, 11) is 0. The number of rotatable bonds is 2. The van der Waals surface area contributed by atoms with Crippen molar-refractivity contribution in [2.75, 3.05) is 0 Å². The van der Waals surface area contributed by atoms with Crippen molar-refractivity contribution in [3.05, 3.63) is 67.3 Å². The molecule has 3 aromatic rings. The molecule has 0 amide bonds. The highest BCUT2D eigenvalue weighted by Gasteiger charge is 2.07. The van der Waals surface area contributed by atoms with Crippen molar-refractivity contribution >= 4 is 45.1 Å². The Kier molecular flexibility index (Phi) is 3.31. The van der Waals surface area contributed by atoms with Gasteiger partial charge >= 0.3 is 0 Å². The molecule has 0 aliphatic rings. The van der Waals surface area contributed by atoms with Crippen LogP contribution in [-0.4, -0.2) is 9.38 Å². The molecule has 0 atom stereocenters. The van der Waals surface area contributed by atoms with E-state index in [1.165, 1.54) is 4.40 Å². The van der Waals surface area contributed by atoms with E-state index in [1.54, 1.807) is 17.5 Å². The van der Waals surface area contributed by atoms with Gasteiger partial charge in [-0.05, 0) is 51.7 Å². The van der Waals surface area contributed by atoms with Gasteiger partial charge in [0, 0.05) is 11.1 Å². The number of nitrogens with zero attached hydrogens (tertiary/aromatic N) is 2. The van der Waals surface area contributed by atoms with Crippen LogP contribution in [0.25, 0.3) is 17.8 Å². The molecule has 0 saturated carbocycles. The first-order chi connectivity index (χ1) is 9.25. The molecular formula is C14H9BrN2OS. The standard InChI is InChI=1S/C14H9BrN2OS/c15-13-11(7-6-10-4-3-9-19-10)16-12-5-1-2-8-17(12)14(13)18/h1-9H. The van der Waals surface area contributed by atoms with Crippen LogP contribution in [0.3, 0.4) is 0 Å². The molecular weight excluding hydrogens is 324 g/mol. The van der Waals surface area contributed by atoms with Crippen LogP contribution in [0.15, 0.2) is 51.2 Å². The van der Waals surface area contributed by atoms with Crippen LogP contribution in [0, 0.1) is 0 Å². The van der Waals surface area contributed by atoms with Crippen LogP contribution >= 0.6 is 27.3 Å². The van der Waals surface area contributed by atoms with E-state index in [4.69, 9.17) is 0 Å². The highest BCUT2D eigenvalue weighted by molar-refractivity contribution is 9.10. The van der Waals surface area contributed by atoms with E-state index in [0.29, 0.717) is 15.8 Å². The molecule has 3 nitrogen and oxygen atoms in total. The van der Waals surface area contributed by atoms with Crippen molar-refractivity contribution in [1.82, 2.24) is 9.38 Å². The van der Waals surface area contributed by atoms with Crippen LogP contribution in [0.4, 0.5) is 0 Å². The second kappa shape index (κ2) is 5.11. The first-order valence-electron chi connectivity index (χ1n) is 5.64. The second-order valence-corrected chi connectivity index (χ2v) is 5.67. The first kappa shape index (κ1) is 12.3. The summed E-state index contributed by atoms with van der Waals surface area (Å²) in [6, 6.07) is 9.49. The van der Waals surface area contributed by atoms with E-state index >= 15 is 0 Å². The Bertz CT molecular complexity index is 806. The summed E-state index contributed by atoms with van der Waals surface area (Å²) in [5.41, 5.74) is 1.18. The zero-order chi connectivity index (χ0) is 13.2. The third-order valence-electron chi connectivity index (χ3n) is 2.65. The molecule has 0 N–H and O–H groups in total. The lowest BCUT2D eigenvalue weighted by molar-refractivity contribution is 1.02. The third kappa shape index (κ3) is 2.39. The van der Waals surface area contributed by atoms with E-state index in [-0.39, 0.29) is 5.56 Å². The van der Waals surface area contributed by atoms with E-state index < -0.39 is 0 Å². The number of thiophene rings is 1. The van der Waals surface area contributed by atoms with Crippen molar-refractivity contribution in [1.29, 1.82) is 0 Å². The summed E-state index contributed by atoms with van der Waals surface area (Å²) < 4.78 is 2.00. The van der Waals surface area contributed by atoms with E-state index in [1.807, 2.05) is 47.9 Å². The largest absolute Gasteiger partial charge is 0.272 e. The average Bonchev–Trinajstić information content (AvgIpc) is 2.94. The van der Waals surface area contributed by atoms with Gasteiger partial charge in [-0.1, -0.05) is 12.1 Å². The van der Waals surface area contributed by atoms with Crippen molar-refractivity contribution in [2.45, 2.75) is 0 Å². The van der Waals surface area contributed by atoms with Gasteiger partial charge in [0.05, 0.1) is 5.69 Å². The quantitative estimate of drug-likeness (QED) is 0.717. The third-order valence-corrected chi connectivity index (χ3v) is 4.24. The van der Waals surface area contributed by atoms with Gasteiger partial charge in [0.2, 0.25) is 0 Å². The van der Waals surface area contributed by atoms with Gasteiger partial charge in [-0.25, -0.2) is 4.98 Å². The number of halogens is 1. The van der Waals surface area contributed by atoms with Gasteiger partial charge in [0.15, 0.2) is 0 Å². The van der Waals surface area contributed by atoms with Crippen LogP contribution in [-0.2, 0) is 0 Å². The highest BCUT2D eigenvalue weighted by Crippen LogP contribution is 2.16. The minimum Gasteiger partial charge on any atom is -0.268 e. The molecule has 5 heteroatoms. The zero-order valence-electron chi connectivity index (χ0n) is 9.79. The predicted octanol–water partition coefficient (Wildman–Crippen LogP) is 3.69. The number of fused-ring (bicyclic) bond motifs is 1. The molecule has 19 heavy (non-hydrogen) atoms. The summed E-state index contributed by atoms with van der Waals surface area (Å²) >= 11 is 4.96. The summed E-state index contributed by atoms with van der Waals surface area (Å²) in [4.78, 5) is 17.8. The van der Waals surface area contributed by atoms with Crippen LogP contribution in [0.1, 0.15) is 10.6 Å². The van der Waals surface area contributed by atoms with Gasteiger partial charge in [-0.2, -0.15) is 0 Å². The fourth-order valence-corrected chi connectivity index (χ4v) is 2.77. The number of hydrogen-bond donors (Lipinski definition) is 0. The van der Waals surface area contributed by atoms with Crippen molar-refractivity contribution in [2.24, 2.45) is 0 Å². The van der Waals surface area contributed by atoms with Crippen molar-refractivity contribution < 1.29 is 0 Å². The Morgan fingerprint density at radius 1 is 1.21 bits per heavy atom. The molecule has 0 unspecified atom stereocenters. The molecule has 0 saturated heterocycles. The lowest BCUT2D eigenvalue weighted by atomic mass is 10.3. The molecule has 0 aliphatic carbocycles. The summed E-state index contributed by atoms with van der Waals surface area (Å²) in [5.74, 6) is 0. The minimum absolute atomic E-state index is 0.101. The van der Waals surface area contributed by atoms with Gasteiger partial charge in [-0.3, -0.25) is 9.20 Å². The highest BCUT2D eigenvalue weighted by atomic mass is 79.9. The van der Waals surface area contributed by atoms with Crippen LogP contribution in [0.5, 0.6) is 0 Å². The van der Waals surface area contributed by atoms with Crippen LogP contribution < -0.4 is 5.56 Å². The van der Waals surface area contributed by atoms with Crippen molar-refractivity contribution in [3.8, 4) is 0 Å². The summed E-state index contributed by atoms with van der Waals surface area (Å²) in [6.45, 7) is 0. The molecule has 0 fully saturated rings. The van der Waals surface area contributed by atoms with E-state index in [0.717, 1.165) is 4.88 Å². The fraction of sp³-hybridized carbons (Fsp3) is 0. The normalized spacial score (nSPS) is 11.4. The predicted molar refractivity (Wildman–Crippen MR) is 82.4 cm³/mol. The maximum atomic E-state index is 12.2. The van der Waals surface area contributed by atoms with Gasteiger partial charge < -0.3 is 0 Å². The zero-order valence-corrected chi connectivity index (χ0v) is 12.2. The van der Waals surface area contributed by atoms with Gasteiger partial charge in [-0.15, -0.1) is 11.3 Å². The molecule has 0 spiro atoms. The smallest absolute Gasteiger partial charge is 0.268 e. The van der Waals surface area contributed by atoms with Crippen LogP contribution in [0.2, 0.25) is 0 Å². The molecule has 3 heterocycles. The maximum absolute atomic E-state index is 12.2. The topological polar surface area (TPSA) is 34.4 Å². The van der Waals surface area contributed by atoms with Gasteiger partial charge in [0.25, 0.3) is 5.56 Å². The second-order valence-electron chi connectivity index (χ2n) is 3.89. The number of aromatic nitrogens is 2. The fourth-order valence-electron chi connectivity index (χ4n) is 1.74. The molecule has 3 rings (SSSR count). The lowest BCUT2D eigenvalue weighted by Crippen LogP contribution is -2.16. The monoisotopic (exact) mass is 332 g/mol. The molecule has 0 radical (unpaired) electrons. The minimum atomic E-state index is -0.101. The molecule has 0 aromatic carbocycles. The summed E-state index contributed by atoms with van der Waals surface area (Å²) in [6.07, 6.45) is 5.52. The summed E-state index contributed by atoms with van der Waals surface area (Å²) in [5, 5.41) is 2.01. The number of pyridine rings is 1. The first-order valence-corrected chi connectivity index (χ1v) is 7.31. The maximum Gasteiger partial charge on any atom is 0.272 e. The van der Waals surface area contributed by atoms with Crippen molar-refractivity contribution in [3.63, 3.8) is 0 Å². The lowest BCUT2D eigenvalue weighted by Gasteiger charge is -2.02. The molecule has 3 aromatic heterocycles.